The number of hydrogen-bond acceptors (Lipinski definition) is 5. The lowest BCUT2D eigenvalue weighted by atomic mass is 10.0. The van der Waals surface area contributed by atoms with E-state index in [1.54, 1.807) is 24.3 Å². The van der Waals surface area contributed by atoms with Gasteiger partial charge in [-0.25, -0.2) is 14.5 Å². The molecular formula is C29H25F3N6O2S. The number of thioether (sulfide) groups is 1. The molecule has 1 saturated heterocycles. The Kier molecular flexibility index (Phi) is 7.93. The molecule has 12 heteroatoms. The highest BCUT2D eigenvalue weighted by molar-refractivity contribution is 8.15. The summed E-state index contributed by atoms with van der Waals surface area (Å²) in [5.41, 5.74) is 2.95. The van der Waals surface area contributed by atoms with Crippen molar-refractivity contribution in [2.45, 2.75) is 32.5 Å². The average molecular weight is 579 g/mol. The van der Waals surface area contributed by atoms with Crippen LogP contribution in [0.4, 0.5) is 23.7 Å². The van der Waals surface area contributed by atoms with Crippen molar-refractivity contribution >= 4 is 34.6 Å². The number of carbonyl (C=O) groups excluding carboxylic acids is 2. The van der Waals surface area contributed by atoms with Crippen molar-refractivity contribution in [2.24, 2.45) is 4.99 Å². The topological polar surface area (TPSA) is 92.5 Å². The van der Waals surface area contributed by atoms with Crippen molar-refractivity contribution in [3.05, 3.63) is 95.8 Å². The largest absolute Gasteiger partial charge is 0.416 e. The molecular weight excluding hydrogens is 553 g/mol. The fourth-order valence-electron chi connectivity index (χ4n) is 4.26. The van der Waals surface area contributed by atoms with Crippen molar-refractivity contribution in [1.29, 1.82) is 0 Å². The predicted molar refractivity (Wildman–Crippen MR) is 152 cm³/mol. The first-order chi connectivity index (χ1) is 19.6. The van der Waals surface area contributed by atoms with Crippen molar-refractivity contribution in [3.8, 4) is 17.1 Å². The molecule has 0 aliphatic carbocycles. The molecule has 1 aromatic heterocycles. The van der Waals surface area contributed by atoms with Crippen LogP contribution in [0.5, 0.6) is 0 Å². The van der Waals surface area contributed by atoms with Crippen molar-refractivity contribution in [3.63, 3.8) is 0 Å². The molecule has 3 aromatic carbocycles. The van der Waals surface area contributed by atoms with Crippen LogP contribution in [0, 0.1) is 0 Å². The van der Waals surface area contributed by atoms with Gasteiger partial charge < -0.3 is 5.32 Å². The SMILES string of the molecule is CC(C)c1ccccc1N1C(=O)CSC1=NC(=O)NCc1ccc(-c2ncn(-c3ccc(C(F)(F)F)cc3)n2)cc1. The van der Waals surface area contributed by atoms with Gasteiger partial charge in [-0.1, -0.05) is 68.1 Å². The maximum atomic E-state index is 12.8. The highest BCUT2D eigenvalue weighted by Crippen LogP contribution is 2.33. The van der Waals surface area contributed by atoms with Gasteiger partial charge in [0.2, 0.25) is 5.91 Å². The Morgan fingerprint density at radius 3 is 2.44 bits per heavy atom. The zero-order valence-corrected chi connectivity index (χ0v) is 22.9. The van der Waals surface area contributed by atoms with E-state index >= 15 is 0 Å². The number of urea groups is 1. The fourth-order valence-corrected chi connectivity index (χ4v) is 5.12. The molecule has 0 spiro atoms. The monoisotopic (exact) mass is 578 g/mol. The van der Waals surface area contributed by atoms with Gasteiger partial charge in [0, 0.05) is 12.1 Å². The zero-order chi connectivity index (χ0) is 29.1. The Morgan fingerprint density at radius 2 is 1.76 bits per heavy atom. The molecule has 210 valence electrons. The summed E-state index contributed by atoms with van der Waals surface area (Å²) in [6.45, 7) is 4.30. The molecule has 0 saturated carbocycles. The quantitative estimate of drug-likeness (QED) is 0.285. The van der Waals surface area contributed by atoms with Crippen LogP contribution < -0.4 is 10.2 Å². The zero-order valence-electron chi connectivity index (χ0n) is 22.1. The molecule has 1 fully saturated rings. The van der Waals surface area contributed by atoms with E-state index in [1.165, 1.54) is 39.8 Å². The number of amides is 3. The van der Waals surface area contributed by atoms with Crippen molar-refractivity contribution in [1.82, 2.24) is 20.1 Å². The summed E-state index contributed by atoms with van der Waals surface area (Å²) < 4.78 is 39.9. The number of alkyl halides is 3. The minimum atomic E-state index is -4.41. The summed E-state index contributed by atoms with van der Waals surface area (Å²) in [7, 11) is 0. The second-order valence-electron chi connectivity index (χ2n) is 9.54. The van der Waals surface area contributed by atoms with E-state index in [0.29, 0.717) is 22.2 Å². The van der Waals surface area contributed by atoms with E-state index in [-0.39, 0.29) is 24.1 Å². The van der Waals surface area contributed by atoms with E-state index in [9.17, 15) is 22.8 Å². The van der Waals surface area contributed by atoms with Crippen molar-refractivity contribution in [2.75, 3.05) is 10.7 Å². The third-order valence-corrected chi connectivity index (χ3v) is 7.29. The van der Waals surface area contributed by atoms with Gasteiger partial charge in [0.15, 0.2) is 11.0 Å². The first-order valence-corrected chi connectivity index (χ1v) is 13.7. The standard InChI is InChI=1S/C29H25F3N6O2S/c1-18(2)23-5-3-4-6-24(23)38-25(39)16-41-28(38)35-27(40)33-15-19-7-9-20(10-8-19)26-34-17-37(36-26)22-13-11-21(12-14-22)29(30,31)32/h3-14,17-18H,15-16H2,1-2H3,(H,33,40). The van der Waals surface area contributed by atoms with Crippen LogP contribution in [0.1, 0.15) is 36.5 Å². The van der Waals surface area contributed by atoms with Gasteiger partial charge in [-0.15, -0.1) is 5.10 Å². The number of anilines is 1. The number of aromatic nitrogens is 3. The highest BCUT2D eigenvalue weighted by Gasteiger charge is 2.32. The number of carbonyl (C=O) groups is 2. The molecule has 8 nitrogen and oxygen atoms in total. The minimum absolute atomic E-state index is 0.125. The van der Waals surface area contributed by atoms with Gasteiger partial charge in [0.05, 0.1) is 22.7 Å². The first kappa shape index (κ1) is 28.1. The number of hydrogen-bond donors (Lipinski definition) is 1. The molecule has 0 radical (unpaired) electrons. The summed E-state index contributed by atoms with van der Waals surface area (Å²) in [4.78, 5) is 35.2. The van der Waals surface area contributed by atoms with Crippen LogP contribution in [0.3, 0.4) is 0 Å². The number of aliphatic imine (C=N–C) groups is 1. The van der Waals surface area contributed by atoms with E-state index in [2.05, 4.69) is 20.4 Å². The third-order valence-electron chi connectivity index (χ3n) is 6.37. The van der Waals surface area contributed by atoms with Gasteiger partial charge in [-0.3, -0.25) is 9.69 Å². The molecule has 1 aliphatic rings. The van der Waals surface area contributed by atoms with Crippen LogP contribution in [-0.4, -0.2) is 37.6 Å². The van der Waals surface area contributed by atoms with Gasteiger partial charge in [-0.2, -0.15) is 18.2 Å². The normalized spacial score (nSPS) is 14.7. The predicted octanol–water partition coefficient (Wildman–Crippen LogP) is 6.42. The Bertz CT molecular complexity index is 1600. The van der Waals surface area contributed by atoms with Gasteiger partial charge in [0.25, 0.3) is 0 Å². The van der Waals surface area contributed by atoms with Crippen LogP contribution >= 0.6 is 11.8 Å². The summed E-state index contributed by atoms with van der Waals surface area (Å²) >= 11 is 1.23. The molecule has 1 aliphatic heterocycles. The number of halogens is 3. The van der Waals surface area contributed by atoms with Crippen LogP contribution in [0.2, 0.25) is 0 Å². The number of para-hydroxylation sites is 1. The number of nitrogens with one attached hydrogen (secondary N) is 1. The lowest BCUT2D eigenvalue weighted by Crippen LogP contribution is -2.32. The summed E-state index contributed by atoms with van der Waals surface area (Å²) in [5.74, 6) is 0.676. The van der Waals surface area contributed by atoms with Gasteiger partial charge >= 0.3 is 12.2 Å². The third kappa shape index (κ3) is 6.32. The Labute approximate surface area is 238 Å². The smallest absolute Gasteiger partial charge is 0.332 e. The van der Waals surface area contributed by atoms with E-state index < -0.39 is 17.8 Å². The minimum Gasteiger partial charge on any atom is -0.332 e. The van der Waals surface area contributed by atoms with Crippen LogP contribution in [-0.2, 0) is 17.5 Å². The Hall–Kier alpha value is -4.45. The highest BCUT2D eigenvalue weighted by atomic mass is 32.2. The summed E-state index contributed by atoms with van der Waals surface area (Å²) in [6.07, 6.45) is -2.98. The molecule has 5 rings (SSSR count). The van der Waals surface area contributed by atoms with E-state index in [4.69, 9.17) is 0 Å². The lowest BCUT2D eigenvalue weighted by Gasteiger charge is -2.21. The van der Waals surface area contributed by atoms with Crippen LogP contribution in [0.15, 0.2) is 84.1 Å². The molecule has 3 amide bonds. The number of amidine groups is 1. The maximum Gasteiger partial charge on any atom is 0.416 e. The molecule has 1 N–H and O–H groups in total. The fraction of sp³-hybridized carbons (Fsp3) is 0.207. The summed E-state index contributed by atoms with van der Waals surface area (Å²) in [6, 6.07) is 18.9. The Balaban J connectivity index is 1.22. The molecule has 4 aromatic rings. The first-order valence-electron chi connectivity index (χ1n) is 12.7. The van der Waals surface area contributed by atoms with Crippen LogP contribution in [0.25, 0.3) is 17.1 Å². The molecule has 0 unspecified atom stereocenters. The number of rotatable bonds is 6. The molecule has 41 heavy (non-hydrogen) atoms. The van der Waals surface area contributed by atoms with E-state index in [1.807, 2.05) is 38.1 Å². The van der Waals surface area contributed by atoms with Crippen molar-refractivity contribution < 1.29 is 22.8 Å². The van der Waals surface area contributed by atoms with E-state index in [0.717, 1.165) is 28.9 Å². The average Bonchev–Trinajstić information content (AvgIpc) is 3.59. The summed E-state index contributed by atoms with van der Waals surface area (Å²) in [5, 5.41) is 7.46. The molecule has 0 bridgehead atoms. The maximum absolute atomic E-state index is 12.8. The number of nitrogens with zero attached hydrogens (tertiary/aromatic N) is 5. The Morgan fingerprint density at radius 1 is 1.05 bits per heavy atom. The lowest BCUT2D eigenvalue weighted by molar-refractivity contribution is -0.137. The number of benzene rings is 3. The second kappa shape index (κ2) is 11.6. The van der Waals surface area contributed by atoms with Gasteiger partial charge in [0.1, 0.15) is 6.33 Å². The molecule has 0 atom stereocenters. The molecule has 2 heterocycles. The second-order valence-corrected chi connectivity index (χ2v) is 10.5. The van der Waals surface area contributed by atoms with Gasteiger partial charge in [-0.05, 0) is 47.4 Å².